The molecule has 1 aromatic carbocycles. The van der Waals surface area contributed by atoms with Gasteiger partial charge in [-0.1, -0.05) is 12.1 Å². The molecular weight excluding hydrogens is 325 g/mol. The Morgan fingerprint density at radius 2 is 1.96 bits per heavy atom. The minimum atomic E-state index is -0.464. The smallest absolute Gasteiger partial charge is 0.319 e. The highest BCUT2D eigenvalue weighted by molar-refractivity contribution is 5.92. The monoisotopic (exact) mass is 345 g/mol. The number of halogens is 1. The molecule has 7 heteroatoms. The van der Waals surface area contributed by atoms with Crippen LogP contribution in [-0.4, -0.2) is 36.0 Å². The standard InChI is InChI=1S/C18H20FN3O3/c1-12-4-2-5-14(19)16(12)21-18(24)20-13-7-9-22(10-8-13)17(23)15-6-3-11-25-15/h2-6,11,13H,7-10H2,1H3,(H2,20,21,24). The Balaban J connectivity index is 1.50. The fraction of sp³-hybridized carbons (Fsp3) is 0.333. The number of urea groups is 1. The molecule has 25 heavy (non-hydrogen) atoms. The molecule has 6 nitrogen and oxygen atoms in total. The first-order valence-corrected chi connectivity index (χ1v) is 8.20. The van der Waals surface area contributed by atoms with Gasteiger partial charge in [0.2, 0.25) is 0 Å². The average molecular weight is 345 g/mol. The van der Waals surface area contributed by atoms with Gasteiger partial charge in [-0.3, -0.25) is 4.79 Å². The lowest BCUT2D eigenvalue weighted by Gasteiger charge is -2.31. The van der Waals surface area contributed by atoms with Crippen LogP contribution in [0.25, 0.3) is 0 Å². The molecule has 0 radical (unpaired) electrons. The van der Waals surface area contributed by atoms with Gasteiger partial charge in [0.1, 0.15) is 5.82 Å². The molecule has 132 valence electrons. The van der Waals surface area contributed by atoms with Crippen LogP contribution >= 0.6 is 0 Å². The van der Waals surface area contributed by atoms with Crippen LogP contribution < -0.4 is 10.6 Å². The summed E-state index contributed by atoms with van der Waals surface area (Å²) in [7, 11) is 0. The van der Waals surface area contributed by atoms with E-state index < -0.39 is 11.8 Å². The van der Waals surface area contributed by atoms with Gasteiger partial charge in [0, 0.05) is 19.1 Å². The Labute approximate surface area is 145 Å². The number of carbonyl (C=O) groups excluding carboxylic acids is 2. The molecule has 1 saturated heterocycles. The van der Waals surface area contributed by atoms with Crippen LogP contribution in [0.15, 0.2) is 41.0 Å². The van der Waals surface area contributed by atoms with Crippen LogP contribution in [0.4, 0.5) is 14.9 Å². The third-order valence-electron chi connectivity index (χ3n) is 4.31. The number of furan rings is 1. The highest BCUT2D eigenvalue weighted by atomic mass is 19.1. The summed E-state index contributed by atoms with van der Waals surface area (Å²) in [5.74, 6) is -0.289. The van der Waals surface area contributed by atoms with Gasteiger partial charge in [-0.05, 0) is 43.5 Å². The average Bonchev–Trinajstić information content (AvgIpc) is 3.13. The van der Waals surface area contributed by atoms with Crippen molar-refractivity contribution in [2.45, 2.75) is 25.8 Å². The number of nitrogens with zero attached hydrogens (tertiary/aromatic N) is 1. The summed E-state index contributed by atoms with van der Waals surface area (Å²) in [4.78, 5) is 26.0. The number of para-hydroxylation sites is 1. The van der Waals surface area contributed by atoms with Crippen LogP contribution in [-0.2, 0) is 0 Å². The molecule has 0 atom stereocenters. The van der Waals surface area contributed by atoms with Gasteiger partial charge in [-0.15, -0.1) is 0 Å². The van der Waals surface area contributed by atoms with Crippen LogP contribution in [0.5, 0.6) is 0 Å². The molecule has 0 aliphatic carbocycles. The van der Waals surface area contributed by atoms with Crippen molar-refractivity contribution in [2.24, 2.45) is 0 Å². The van der Waals surface area contributed by atoms with E-state index >= 15 is 0 Å². The largest absolute Gasteiger partial charge is 0.459 e. The zero-order chi connectivity index (χ0) is 17.8. The Hall–Kier alpha value is -2.83. The first-order chi connectivity index (χ1) is 12.0. The summed E-state index contributed by atoms with van der Waals surface area (Å²) >= 11 is 0. The van der Waals surface area contributed by atoms with Crippen molar-refractivity contribution in [3.05, 3.63) is 53.7 Å². The lowest BCUT2D eigenvalue weighted by Crippen LogP contribution is -2.47. The van der Waals surface area contributed by atoms with Gasteiger partial charge in [0.05, 0.1) is 12.0 Å². The van der Waals surface area contributed by atoms with Crippen molar-refractivity contribution in [1.29, 1.82) is 0 Å². The first kappa shape index (κ1) is 17.0. The topological polar surface area (TPSA) is 74.6 Å². The molecule has 1 aliphatic rings. The van der Waals surface area contributed by atoms with E-state index in [-0.39, 0.29) is 17.6 Å². The molecule has 3 amide bonds. The van der Waals surface area contributed by atoms with Gasteiger partial charge >= 0.3 is 6.03 Å². The fourth-order valence-corrected chi connectivity index (χ4v) is 2.91. The van der Waals surface area contributed by atoms with E-state index in [1.165, 1.54) is 12.3 Å². The molecule has 2 N–H and O–H groups in total. The summed E-state index contributed by atoms with van der Waals surface area (Å²) in [5, 5.41) is 5.40. The second-order valence-electron chi connectivity index (χ2n) is 6.07. The number of piperidine rings is 1. The molecule has 0 spiro atoms. The van der Waals surface area contributed by atoms with Crippen LogP contribution in [0.1, 0.15) is 29.0 Å². The summed E-state index contributed by atoms with van der Waals surface area (Å²) in [6.07, 6.45) is 2.74. The van der Waals surface area contributed by atoms with Crippen LogP contribution in [0, 0.1) is 12.7 Å². The molecule has 0 bridgehead atoms. The van der Waals surface area contributed by atoms with Gasteiger partial charge in [0.15, 0.2) is 5.76 Å². The van der Waals surface area contributed by atoms with E-state index in [9.17, 15) is 14.0 Å². The fourth-order valence-electron chi connectivity index (χ4n) is 2.91. The van der Waals surface area contributed by atoms with Gasteiger partial charge < -0.3 is 20.0 Å². The minimum absolute atomic E-state index is 0.0623. The highest BCUT2D eigenvalue weighted by Crippen LogP contribution is 2.19. The number of carbonyl (C=O) groups is 2. The quantitative estimate of drug-likeness (QED) is 0.897. The molecule has 2 aromatic rings. The highest BCUT2D eigenvalue weighted by Gasteiger charge is 2.26. The molecule has 2 heterocycles. The molecule has 0 unspecified atom stereocenters. The van der Waals surface area contributed by atoms with Gasteiger partial charge in [0.25, 0.3) is 5.91 Å². The second kappa shape index (κ2) is 7.38. The Morgan fingerprint density at radius 1 is 1.20 bits per heavy atom. The first-order valence-electron chi connectivity index (χ1n) is 8.20. The normalized spacial score (nSPS) is 15.0. The maximum absolute atomic E-state index is 13.8. The SMILES string of the molecule is Cc1cccc(F)c1NC(=O)NC1CCN(C(=O)c2ccco2)CC1. The zero-order valence-electron chi connectivity index (χ0n) is 13.9. The van der Waals surface area contributed by atoms with Gasteiger partial charge in [-0.25, -0.2) is 9.18 Å². The second-order valence-corrected chi connectivity index (χ2v) is 6.07. The van der Waals surface area contributed by atoms with Crippen LogP contribution in [0.3, 0.4) is 0 Å². The third-order valence-corrected chi connectivity index (χ3v) is 4.31. The number of hydrogen-bond donors (Lipinski definition) is 2. The number of hydrogen-bond acceptors (Lipinski definition) is 3. The predicted molar refractivity (Wildman–Crippen MR) is 90.9 cm³/mol. The minimum Gasteiger partial charge on any atom is -0.459 e. The lowest BCUT2D eigenvalue weighted by atomic mass is 10.0. The maximum Gasteiger partial charge on any atom is 0.319 e. The van der Waals surface area contributed by atoms with Crippen molar-refractivity contribution in [3.8, 4) is 0 Å². The third kappa shape index (κ3) is 3.99. The lowest BCUT2D eigenvalue weighted by molar-refractivity contribution is 0.0676. The molecule has 3 rings (SSSR count). The number of nitrogens with one attached hydrogen (secondary N) is 2. The molecule has 1 fully saturated rings. The molecule has 1 aromatic heterocycles. The predicted octanol–water partition coefficient (Wildman–Crippen LogP) is 3.15. The van der Waals surface area contributed by atoms with E-state index in [2.05, 4.69) is 10.6 Å². The van der Waals surface area contributed by atoms with E-state index in [1.54, 1.807) is 36.1 Å². The Bertz CT molecular complexity index is 733. The summed E-state index contributed by atoms with van der Waals surface area (Å²) in [6, 6.07) is 7.45. The van der Waals surface area contributed by atoms with Crippen molar-refractivity contribution in [3.63, 3.8) is 0 Å². The number of benzene rings is 1. The van der Waals surface area contributed by atoms with E-state index in [4.69, 9.17) is 4.42 Å². The molecular formula is C18H20FN3O3. The Kier molecular flexibility index (Phi) is 5.02. The van der Waals surface area contributed by atoms with E-state index in [0.717, 1.165) is 0 Å². The van der Waals surface area contributed by atoms with Gasteiger partial charge in [-0.2, -0.15) is 0 Å². The molecule has 0 saturated carbocycles. The Morgan fingerprint density at radius 3 is 2.60 bits per heavy atom. The van der Waals surface area contributed by atoms with Crippen molar-refractivity contribution >= 4 is 17.6 Å². The van der Waals surface area contributed by atoms with Crippen molar-refractivity contribution in [2.75, 3.05) is 18.4 Å². The summed E-state index contributed by atoms with van der Waals surface area (Å²) in [5.41, 5.74) is 0.847. The summed E-state index contributed by atoms with van der Waals surface area (Å²) in [6.45, 7) is 2.80. The maximum atomic E-state index is 13.8. The number of likely N-dealkylation sites (tertiary alicyclic amines) is 1. The zero-order valence-corrected chi connectivity index (χ0v) is 13.9. The number of aryl methyl sites for hydroxylation is 1. The van der Waals surface area contributed by atoms with E-state index in [0.29, 0.717) is 37.3 Å². The summed E-state index contributed by atoms with van der Waals surface area (Å²) < 4.78 is 18.9. The number of anilines is 1. The molecule has 1 aliphatic heterocycles. The van der Waals surface area contributed by atoms with Crippen LogP contribution in [0.2, 0.25) is 0 Å². The number of amides is 3. The van der Waals surface area contributed by atoms with E-state index in [1.807, 2.05) is 0 Å². The van der Waals surface area contributed by atoms with Crippen molar-refractivity contribution in [1.82, 2.24) is 10.2 Å². The van der Waals surface area contributed by atoms with Crippen molar-refractivity contribution < 1.29 is 18.4 Å². The number of rotatable bonds is 3.